The molecule has 2 atom stereocenters. The molecule has 1 N–H and O–H groups in total. The summed E-state index contributed by atoms with van der Waals surface area (Å²) in [6.07, 6.45) is 1.19. The van der Waals surface area contributed by atoms with Crippen LogP contribution in [0.25, 0.3) is 0 Å². The quantitative estimate of drug-likeness (QED) is 0.579. The minimum atomic E-state index is -0.540. The molecule has 2 unspecified atom stereocenters. The van der Waals surface area contributed by atoms with Gasteiger partial charge in [0.1, 0.15) is 0 Å². The van der Waals surface area contributed by atoms with Crippen molar-refractivity contribution in [2.45, 2.75) is 25.0 Å². The number of nitrogens with zero attached hydrogens (tertiary/aromatic N) is 3. The molecule has 5 rings (SSSR count). The molecule has 0 aliphatic carbocycles. The third-order valence-corrected chi connectivity index (χ3v) is 7.47. The number of amides is 1. The number of anilines is 1. The first kappa shape index (κ1) is 23.9. The highest BCUT2D eigenvalue weighted by molar-refractivity contribution is 6.30. The van der Waals surface area contributed by atoms with E-state index in [1.165, 1.54) is 11.3 Å². The van der Waals surface area contributed by atoms with Crippen LogP contribution < -0.4 is 4.90 Å². The number of carbonyl (C=O) groups is 1. The Hall–Kier alpha value is -2.86. The molecule has 6 heteroatoms. The fourth-order valence-electron chi connectivity index (χ4n) is 5.34. The number of likely N-dealkylation sites (tertiary alicyclic amines) is 1. The van der Waals surface area contributed by atoms with Crippen molar-refractivity contribution in [3.8, 4) is 0 Å². The number of β-amino-alcohol motifs (C(OH)–C–C–N with tert-alkyl or cyclic N) is 1. The minimum Gasteiger partial charge on any atom is -0.390 e. The van der Waals surface area contributed by atoms with Gasteiger partial charge in [0.15, 0.2) is 0 Å². The molecular formula is C29H32ClN3O2. The number of hydrogen-bond donors (Lipinski definition) is 1. The molecule has 5 nitrogen and oxygen atoms in total. The molecule has 0 bridgehead atoms. The topological polar surface area (TPSA) is 47.0 Å². The molecule has 182 valence electrons. The van der Waals surface area contributed by atoms with E-state index in [0.717, 1.165) is 55.2 Å². The van der Waals surface area contributed by atoms with E-state index in [1.54, 1.807) is 0 Å². The van der Waals surface area contributed by atoms with Crippen LogP contribution in [-0.4, -0.2) is 72.2 Å². The molecule has 3 aromatic rings. The maximum Gasteiger partial charge on any atom is 0.254 e. The van der Waals surface area contributed by atoms with E-state index in [-0.39, 0.29) is 11.9 Å². The Morgan fingerprint density at radius 1 is 0.857 bits per heavy atom. The van der Waals surface area contributed by atoms with Crippen LogP contribution in [0.15, 0.2) is 78.9 Å². The van der Waals surface area contributed by atoms with E-state index in [4.69, 9.17) is 11.6 Å². The van der Waals surface area contributed by atoms with Crippen LogP contribution in [0.5, 0.6) is 0 Å². The summed E-state index contributed by atoms with van der Waals surface area (Å²) in [4.78, 5) is 20.1. The average Bonchev–Trinajstić information content (AvgIpc) is 3.10. The van der Waals surface area contributed by atoms with Crippen LogP contribution >= 0.6 is 11.6 Å². The largest absolute Gasteiger partial charge is 0.390 e. The van der Waals surface area contributed by atoms with Crippen molar-refractivity contribution in [3.63, 3.8) is 0 Å². The van der Waals surface area contributed by atoms with Gasteiger partial charge in [0.25, 0.3) is 5.91 Å². The Bertz CT molecular complexity index is 1140. The van der Waals surface area contributed by atoms with E-state index < -0.39 is 6.10 Å². The van der Waals surface area contributed by atoms with Crippen molar-refractivity contribution in [1.29, 1.82) is 0 Å². The maximum atomic E-state index is 13.5. The zero-order valence-electron chi connectivity index (χ0n) is 19.9. The Balaban J connectivity index is 1.25. The van der Waals surface area contributed by atoms with E-state index in [0.29, 0.717) is 13.1 Å². The van der Waals surface area contributed by atoms with Crippen molar-refractivity contribution in [2.75, 3.05) is 44.2 Å². The van der Waals surface area contributed by atoms with Crippen molar-refractivity contribution in [1.82, 2.24) is 9.80 Å². The maximum absolute atomic E-state index is 13.5. The van der Waals surface area contributed by atoms with Crippen molar-refractivity contribution in [2.24, 2.45) is 0 Å². The van der Waals surface area contributed by atoms with E-state index >= 15 is 0 Å². The van der Waals surface area contributed by atoms with Crippen LogP contribution in [0.3, 0.4) is 0 Å². The van der Waals surface area contributed by atoms with E-state index in [2.05, 4.69) is 34.1 Å². The lowest BCUT2D eigenvalue weighted by Gasteiger charge is -2.29. The summed E-state index contributed by atoms with van der Waals surface area (Å²) >= 11 is 6.06. The molecule has 1 amide bonds. The summed E-state index contributed by atoms with van der Waals surface area (Å²) in [5, 5.41) is 11.7. The number of benzene rings is 3. The number of carbonyl (C=O) groups excluding carboxylic acids is 1. The minimum absolute atomic E-state index is 0.00990. The highest BCUT2D eigenvalue weighted by atomic mass is 35.5. The molecule has 0 saturated carbocycles. The molecule has 0 spiro atoms. The van der Waals surface area contributed by atoms with Gasteiger partial charge >= 0.3 is 0 Å². The number of aliphatic hydroxyl groups excluding tert-OH is 1. The second-order valence-electron chi connectivity index (χ2n) is 9.52. The molecule has 2 saturated heterocycles. The number of aliphatic hydroxyl groups is 1. The van der Waals surface area contributed by atoms with Gasteiger partial charge in [0.05, 0.1) is 12.1 Å². The predicted octanol–water partition coefficient (Wildman–Crippen LogP) is 4.33. The summed E-state index contributed by atoms with van der Waals surface area (Å²) in [6.45, 7) is 4.56. The monoisotopic (exact) mass is 489 g/mol. The van der Waals surface area contributed by atoms with Crippen molar-refractivity contribution < 1.29 is 9.90 Å². The average molecular weight is 490 g/mol. The lowest BCUT2D eigenvalue weighted by Crippen LogP contribution is -2.45. The SMILES string of the molecule is O=C(c1ccccc1Cc1ccccc1)N1CC(O)C(N2CCCN(c3ccc(Cl)cc3)CC2)C1. The number of rotatable bonds is 5. The zero-order chi connectivity index (χ0) is 24.2. The van der Waals surface area contributed by atoms with Gasteiger partial charge in [-0.15, -0.1) is 0 Å². The van der Waals surface area contributed by atoms with Gasteiger partial charge in [-0.1, -0.05) is 60.1 Å². The molecule has 2 aliphatic rings. The van der Waals surface area contributed by atoms with Crippen LogP contribution in [0.4, 0.5) is 5.69 Å². The fourth-order valence-corrected chi connectivity index (χ4v) is 5.47. The highest BCUT2D eigenvalue weighted by Gasteiger charge is 2.38. The molecular weight excluding hydrogens is 458 g/mol. The Morgan fingerprint density at radius 3 is 2.40 bits per heavy atom. The van der Waals surface area contributed by atoms with Gasteiger partial charge < -0.3 is 14.9 Å². The smallest absolute Gasteiger partial charge is 0.254 e. The third-order valence-electron chi connectivity index (χ3n) is 7.22. The van der Waals surface area contributed by atoms with Gasteiger partial charge in [-0.2, -0.15) is 0 Å². The van der Waals surface area contributed by atoms with Gasteiger partial charge in [-0.05, 0) is 54.3 Å². The van der Waals surface area contributed by atoms with Crippen molar-refractivity contribution in [3.05, 3.63) is 101 Å². The Labute approximate surface area is 212 Å². The van der Waals surface area contributed by atoms with Crippen LogP contribution in [-0.2, 0) is 6.42 Å². The lowest BCUT2D eigenvalue weighted by atomic mass is 9.99. The highest BCUT2D eigenvalue weighted by Crippen LogP contribution is 2.25. The van der Waals surface area contributed by atoms with E-state index in [9.17, 15) is 9.90 Å². The summed E-state index contributed by atoms with van der Waals surface area (Å²) in [5.41, 5.74) is 4.11. The van der Waals surface area contributed by atoms with Crippen LogP contribution in [0, 0.1) is 0 Å². The lowest BCUT2D eigenvalue weighted by molar-refractivity contribution is 0.0760. The first-order chi connectivity index (χ1) is 17.1. The predicted molar refractivity (Wildman–Crippen MR) is 141 cm³/mol. The van der Waals surface area contributed by atoms with Gasteiger partial charge in [0, 0.05) is 55.5 Å². The summed E-state index contributed by atoms with van der Waals surface area (Å²) in [6, 6.07) is 26.0. The Morgan fingerprint density at radius 2 is 1.60 bits per heavy atom. The van der Waals surface area contributed by atoms with Crippen LogP contribution in [0.2, 0.25) is 5.02 Å². The normalized spacial score (nSPS) is 21.2. The molecule has 35 heavy (non-hydrogen) atoms. The zero-order valence-corrected chi connectivity index (χ0v) is 20.6. The molecule has 2 heterocycles. The second-order valence-corrected chi connectivity index (χ2v) is 9.95. The first-order valence-corrected chi connectivity index (χ1v) is 12.8. The van der Waals surface area contributed by atoms with E-state index in [1.807, 2.05) is 59.5 Å². The summed E-state index contributed by atoms with van der Waals surface area (Å²) in [5.74, 6) is 0.00990. The van der Waals surface area contributed by atoms with Gasteiger partial charge in [-0.25, -0.2) is 0 Å². The van der Waals surface area contributed by atoms with Crippen molar-refractivity contribution >= 4 is 23.2 Å². The van der Waals surface area contributed by atoms with Gasteiger partial charge in [0.2, 0.25) is 0 Å². The standard InChI is InChI=1S/C29H32ClN3O2/c30-24-11-13-25(14-12-24)31-15-6-16-32(18-17-31)27-20-33(21-28(27)34)29(35)26-10-5-4-9-23(26)19-22-7-2-1-3-8-22/h1-5,7-14,27-28,34H,6,15-21H2. The van der Waals surface area contributed by atoms with Crippen LogP contribution in [0.1, 0.15) is 27.9 Å². The molecule has 2 fully saturated rings. The third kappa shape index (κ3) is 5.53. The number of hydrogen-bond acceptors (Lipinski definition) is 4. The summed E-state index contributed by atoms with van der Waals surface area (Å²) in [7, 11) is 0. The molecule has 3 aromatic carbocycles. The summed E-state index contributed by atoms with van der Waals surface area (Å²) < 4.78 is 0. The first-order valence-electron chi connectivity index (χ1n) is 12.4. The molecule has 0 aromatic heterocycles. The molecule has 0 radical (unpaired) electrons. The molecule has 2 aliphatic heterocycles. The van der Waals surface area contributed by atoms with Gasteiger partial charge in [-0.3, -0.25) is 9.69 Å². The fraction of sp³-hybridized carbons (Fsp3) is 0.345. The Kier molecular flexibility index (Phi) is 7.37. The second kappa shape index (κ2) is 10.8. The number of halogens is 1.